The number of rotatable bonds is 7. The fraction of sp³-hybridized carbons (Fsp3) is 0.414. The monoisotopic (exact) mass is 631 g/mol. The highest BCUT2D eigenvalue weighted by atomic mass is 35.5. The van der Waals surface area contributed by atoms with Gasteiger partial charge in [-0.2, -0.15) is 9.57 Å². The molecule has 2 atom stereocenters. The molecule has 1 aromatic heterocycles. The van der Waals surface area contributed by atoms with E-state index < -0.39 is 39.7 Å². The van der Waals surface area contributed by atoms with Crippen molar-refractivity contribution in [1.29, 1.82) is 5.26 Å². The fourth-order valence-corrected chi connectivity index (χ4v) is 8.19. The number of nitrogens with two attached hydrogens (primary N) is 1. The van der Waals surface area contributed by atoms with Crippen LogP contribution in [0.15, 0.2) is 46.7 Å². The van der Waals surface area contributed by atoms with E-state index in [0.717, 1.165) is 21.0 Å². The average molecular weight is 632 g/mol. The van der Waals surface area contributed by atoms with Crippen molar-refractivity contribution in [3.63, 3.8) is 0 Å². The minimum absolute atomic E-state index is 0.0779. The first-order valence-corrected chi connectivity index (χ1v) is 16.0. The van der Waals surface area contributed by atoms with E-state index in [-0.39, 0.29) is 35.4 Å². The molecule has 2 heterocycles. The van der Waals surface area contributed by atoms with Gasteiger partial charge in [0.1, 0.15) is 15.9 Å². The van der Waals surface area contributed by atoms with Gasteiger partial charge in [-0.25, -0.2) is 13.2 Å². The molecule has 2 unspecified atom stereocenters. The molecule has 3 N–H and O–H groups in total. The standard InChI is InChI=1S/C29H34ClN5O5S2/c1-17(2)35(28(37)40-29(3,4)5)24(11-18-6-7-20(14-31)22(32)10-18)23-15-34(16-26(36)33-23)42(38,39)27-12-19-8-9-21(30)13-25(19)41-27/h6-10,12-13,17,23-24H,11,15-16,32H2,1-5H3,(H,33,36). The number of nitrogens with one attached hydrogen (secondary N) is 1. The number of hydrogen-bond donors (Lipinski definition) is 2. The Morgan fingerprint density at radius 2 is 1.98 bits per heavy atom. The van der Waals surface area contributed by atoms with Gasteiger partial charge in [0, 0.05) is 28.0 Å². The Hall–Kier alpha value is -3.37. The zero-order valence-electron chi connectivity index (χ0n) is 24.0. The highest BCUT2D eigenvalue weighted by Gasteiger charge is 2.42. The van der Waals surface area contributed by atoms with Crippen molar-refractivity contribution in [3.05, 3.63) is 58.6 Å². The smallest absolute Gasteiger partial charge is 0.410 e. The Balaban J connectivity index is 1.73. The molecule has 4 rings (SSSR count). The molecule has 10 nitrogen and oxygen atoms in total. The molecule has 2 aromatic carbocycles. The summed E-state index contributed by atoms with van der Waals surface area (Å²) in [5.41, 5.74) is 6.60. The molecule has 2 amide bonds. The van der Waals surface area contributed by atoms with Crippen molar-refractivity contribution >= 4 is 60.7 Å². The second-order valence-corrected chi connectivity index (χ2v) is 15.2. The number of nitriles is 1. The number of nitrogen functional groups attached to an aromatic ring is 1. The molecule has 0 saturated carbocycles. The number of benzene rings is 2. The van der Waals surface area contributed by atoms with Gasteiger partial charge in [-0.05, 0) is 82.3 Å². The third-order valence-electron chi connectivity index (χ3n) is 6.78. The largest absolute Gasteiger partial charge is 0.444 e. The van der Waals surface area contributed by atoms with Gasteiger partial charge in [0.25, 0.3) is 10.0 Å². The van der Waals surface area contributed by atoms with Crippen LogP contribution in [0, 0.1) is 11.3 Å². The number of piperazine rings is 1. The summed E-state index contributed by atoms with van der Waals surface area (Å²) in [6.45, 7) is 8.49. The van der Waals surface area contributed by atoms with Crippen LogP contribution >= 0.6 is 22.9 Å². The van der Waals surface area contributed by atoms with Gasteiger partial charge in [-0.15, -0.1) is 11.3 Å². The maximum Gasteiger partial charge on any atom is 0.410 e. The molecule has 3 aromatic rings. The van der Waals surface area contributed by atoms with Gasteiger partial charge in [0.2, 0.25) is 5.91 Å². The van der Waals surface area contributed by atoms with Crippen molar-refractivity contribution in [2.75, 3.05) is 18.8 Å². The maximum absolute atomic E-state index is 13.8. The molecule has 1 aliphatic heterocycles. The van der Waals surface area contributed by atoms with Gasteiger partial charge < -0.3 is 20.7 Å². The number of thiophene rings is 1. The molecule has 1 aliphatic rings. The van der Waals surface area contributed by atoms with Crippen LogP contribution in [0.2, 0.25) is 5.02 Å². The molecule has 0 spiro atoms. The lowest BCUT2D eigenvalue weighted by molar-refractivity contribution is -0.125. The molecule has 13 heteroatoms. The summed E-state index contributed by atoms with van der Waals surface area (Å²) in [6, 6.07) is 11.9. The van der Waals surface area contributed by atoms with Crippen LogP contribution in [0.5, 0.6) is 0 Å². The summed E-state index contributed by atoms with van der Waals surface area (Å²) in [5, 5.41) is 13.5. The summed E-state index contributed by atoms with van der Waals surface area (Å²) in [7, 11) is -4.06. The number of nitrogens with zero attached hydrogens (tertiary/aromatic N) is 3. The summed E-state index contributed by atoms with van der Waals surface area (Å²) in [5.74, 6) is -0.490. The summed E-state index contributed by atoms with van der Waals surface area (Å²) in [6.07, 6.45) is -0.382. The molecule has 224 valence electrons. The van der Waals surface area contributed by atoms with Crippen LogP contribution in [0.3, 0.4) is 0 Å². The molecule has 0 bridgehead atoms. The Kier molecular flexibility index (Phi) is 9.08. The van der Waals surface area contributed by atoms with Gasteiger partial charge in [-0.3, -0.25) is 4.79 Å². The minimum atomic E-state index is -4.06. The van der Waals surface area contributed by atoms with Crippen molar-refractivity contribution in [1.82, 2.24) is 14.5 Å². The van der Waals surface area contributed by atoms with E-state index in [2.05, 4.69) is 5.32 Å². The third-order valence-corrected chi connectivity index (χ3v) is 10.4. The molecule has 0 aliphatic carbocycles. The van der Waals surface area contributed by atoms with E-state index in [1.807, 2.05) is 19.9 Å². The summed E-state index contributed by atoms with van der Waals surface area (Å²) < 4.78 is 35.3. The summed E-state index contributed by atoms with van der Waals surface area (Å²) >= 11 is 7.19. The number of sulfonamides is 1. The van der Waals surface area contributed by atoms with E-state index >= 15 is 0 Å². The Labute approximate surface area is 255 Å². The minimum Gasteiger partial charge on any atom is -0.444 e. The van der Waals surface area contributed by atoms with Crippen LogP contribution in [0.4, 0.5) is 10.5 Å². The molecular formula is C29H34ClN5O5S2. The van der Waals surface area contributed by atoms with Crippen molar-refractivity contribution < 1.29 is 22.7 Å². The first kappa shape index (κ1) is 31.6. The van der Waals surface area contributed by atoms with Crippen LogP contribution in [-0.2, 0) is 26.0 Å². The molecular weight excluding hydrogens is 598 g/mol. The highest BCUT2D eigenvalue weighted by molar-refractivity contribution is 7.91. The van der Waals surface area contributed by atoms with Gasteiger partial charge in [0.15, 0.2) is 0 Å². The first-order chi connectivity index (χ1) is 19.6. The van der Waals surface area contributed by atoms with Crippen molar-refractivity contribution in [3.8, 4) is 6.07 Å². The third kappa shape index (κ3) is 6.98. The van der Waals surface area contributed by atoms with Crippen molar-refractivity contribution in [2.24, 2.45) is 0 Å². The number of ether oxygens (including phenoxy) is 1. The molecule has 1 saturated heterocycles. The quantitative estimate of drug-likeness (QED) is 0.358. The van der Waals surface area contributed by atoms with Gasteiger partial charge in [-0.1, -0.05) is 23.7 Å². The number of carbonyl (C=O) groups is 2. The van der Waals surface area contributed by atoms with Crippen LogP contribution < -0.4 is 11.1 Å². The summed E-state index contributed by atoms with van der Waals surface area (Å²) in [4.78, 5) is 28.1. The zero-order valence-corrected chi connectivity index (χ0v) is 26.4. The predicted octanol–water partition coefficient (Wildman–Crippen LogP) is 4.75. The fourth-order valence-electron chi connectivity index (χ4n) is 4.94. The van der Waals surface area contributed by atoms with Crippen LogP contribution in [0.25, 0.3) is 10.1 Å². The molecule has 1 fully saturated rings. The SMILES string of the molecule is CC(C)N(C(=O)OC(C)(C)C)C(Cc1ccc(C#N)c(N)c1)C1CN(S(=O)(=O)c2cc3ccc(Cl)cc3s2)CC(=O)N1. The van der Waals surface area contributed by atoms with E-state index in [0.29, 0.717) is 20.8 Å². The number of anilines is 1. The van der Waals surface area contributed by atoms with E-state index in [9.17, 15) is 23.3 Å². The lowest BCUT2D eigenvalue weighted by Crippen LogP contribution is -2.65. The van der Waals surface area contributed by atoms with Gasteiger partial charge in [0.05, 0.1) is 24.2 Å². The first-order valence-electron chi connectivity index (χ1n) is 13.4. The lowest BCUT2D eigenvalue weighted by atomic mass is 9.94. The second kappa shape index (κ2) is 12.1. The Bertz CT molecular complexity index is 1660. The van der Waals surface area contributed by atoms with Crippen LogP contribution in [-0.4, -0.2) is 66.4 Å². The molecule has 42 heavy (non-hydrogen) atoms. The predicted molar refractivity (Wildman–Crippen MR) is 164 cm³/mol. The number of hydrogen-bond acceptors (Lipinski definition) is 8. The van der Waals surface area contributed by atoms with E-state index in [4.69, 9.17) is 22.1 Å². The number of halogens is 1. The zero-order chi connectivity index (χ0) is 31.0. The Morgan fingerprint density at radius 1 is 1.26 bits per heavy atom. The lowest BCUT2D eigenvalue weighted by Gasteiger charge is -2.43. The number of fused-ring (bicyclic) bond motifs is 1. The normalized spacial score (nSPS) is 17.1. The number of amides is 2. The number of carbonyl (C=O) groups excluding carboxylic acids is 2. The van der Waals surface area contributed by atoms with E-state index in [1.165, 1.54) is 4.90 Å². The van der Waals surface area contributed by atoms with Crippen LogP contribution in [0.1, 0.15) is 45.7 Å². The van der Waals surface area contributed by atoms with Gasteiger partial charge >= 0.3 is 6.09 Å². The van der Waals surface area contributed by atoms with E-state index in [1.54, 1.807) is 63.2 Å². The maximum atomic E-state index is 13.8. The topological polar surface area (TPSA) is 146 Å². The molecule has 0 radical (unpaired) electrons. The average Bonchev–Trinajstić information content (AvgIpc) is 3.31. The highest BCUT2D eigenvalue weighted by Crippen LogP contribution is 2.34. The van der Waals surface area contributed by atoms with Crippen molar-refractivity contribution in [2.45, 2.75) is 69.0 Å². The Morgan fingerprint density at radius 3 is 2.60 bits per heavy atom. The second-order valence-electron chi connectivity index (χ2n) is 11.5.